The van der Waals surface area contributed by atoms with Crippen LogP contribution < -0.4 is 19.5 Å². The smallest absolute Gasteiger partial charge is 0.225 e. The van der Waals surface area contributed by atoms with Gasteiger partial charge in [0.25, 0.3) is 0 Å². The van der Waals surface area contributed by atoms with Crippen LogP contribution in [0.15, 0.2) is 47.8 Å². The number of carbonyl (C=O) groups excluding carboxylic acids is 1. The summed E-state index contributed by atoms with van der Waals surface area (Å²) in [5, 5.41) is 5.16. The summed E-state index contributed by atoms with van der Waals surface area (Å²) in [5.41, 5.74) is 3.89. The van der Waals surface area contributed by atoms with Gasteiger partial charge in [-0.05, 0) is 35.9 Å². The molecule has 4 rings (SSSR count). The van der Waals surface area contributed by atoms with Crippen molar-refractivity contribution in [2.24, 2.45) is 0 Å². The first kappa shape index (κ1) is 18.4. The first-order valence-corrected chi connectivity index (χ1v) is 9.80. The molecule has 1 aliphatic heterocycles. The van der Waals surface area contributed by atoms with E-state index in [2.05, 4.69) is 10.7 Å². The molecule has 0 aliphatic carbocycles. The summed E-state index contributed by atoms with van der Waals surface area (Å²) in [4.78, 5) is 13.7. The average Bonchev–Trinajstić information content (AvgIpc) is 3.16. The van der Waals surface area contributed by atoms with Crippen molar-refractivity contribution in [3.05, 3.63) is 58.3 Å². The standard InChI is InChI=1S/C22H21NO4S/c1-25-14-6-4-13(5-7-14)18-12-28-22-17(11-20(24)23-21(18)22)16-10-15(26-2)8-9-19(16)27-3/h4-10,12,17H,11H2,1-3H3,(H,23,24). The summed E-state index contributed by atoms with van der Waals surface area (Å²) >= 11 is 1.65. The van der Waals surface area contributed by atoms with E-state index >= 15 is 0 Å². The van der Waals surface area contributed by atoms with Gasteiger partial charge in [-0.3, -0.25) is 4.79 Å². The van der Waals surface area contributed by atoms with E-state index in [1.165, 1.54) is 0 Å². The van der Waals surface area contributed by atoms with E-state index in [9.17, 15) is 4.79 Å². The number of anilines is 1. The molecule has 0 bridgehead atoms. The van der Waals surface area contributed by atoms with Crippen molar-refractivity contribution < 1.29 is 19.0 Å². The summed E-state index contributed by atoms with van der Waals surface area (Å²) in [7, 11) is 4.93. The topological polar surface area (TPSA) is 56.8 Å². The fourth-order valence-corrected chi connectivity index (χ4v) is 4.72. The van der Waals surface area contributed by atoms with Crippen LogP contribution in [0.3, 0.4) is 0 Å². The van der Waals surface area contributed by atoms with Crippen LogP contribution in [0.2, 0.25) is 0 Å². The van der Waals surface area contributed by atoms with Crippen LogP contribution in [0.5, 0.6) is 17.2 Å². The summed E-state index contributed by atoms with van der Waals surface area (Å²) in [6, 6.07) is 13.6. The van der Waals surface area contributed by atoms with Gasteiger partial charge in [-0.25, -0.2) is 0 Å². The summed E-state index contributed by atoms with van der Waals surface area (Å²) < 4.78 is 16.2. The Morgan fingerprint density at radius 2 is 1.68 bits per heavy atom. The van der Waals surface area contributed by atoms with Gasteiger partial charge in [0.2, 0.25) is 5.91 Å². The SMILES string of the molecule is COc1ccc(-c2csc3c2NC(=O)CC3c2cc(OC)ccc2OC)cc1. The first-order valence-electron chi connectivity index (χ1n) is 8.92. The largest absolute Gasteiger partial charge is 0.497 e. The van der Waals surface area contributed by atoms with Crippen molar-refractivity contribution in [3.8, 4) is 28.4 Å². The molecule has 1 unspecified atom stereocenters. The molecular weight excluding hydrogens is 374 g/mol. The van der Waals surface area contributed by atoms with Crippen LogP contribution in [-0.2, 0) is 4.79 Å². The van der Waals surface area contributed by atoms with Gasteiger partial charge in [0.15, 0.2) is 0 Å². The highest BCUT2D eigenvalue weighted by Gasteiger charge is 2.32. The lowest BCUT2D eigenvalue weighted by Crippen LogP contribution is -2.22. The first-order chi connectivity index (χ1) is 13.6. The number of nitrogens with one attached hydrogen (secondary N) is 1. The van der Waals surface area contributed by atoms with E-state index in [1.807, 2.05) is 42.5 Å². The van der Waals surface area contributed by atoms with E-state index in [-0.39, 0.29) is 11.8 Å². The minimum absolute atomic E-state index is 0.00413. The third-order valence-electron chi connectivity index (χ3n) is 5.00. The van der Waals surface area contributed by atoms with Gasteiger partial charge in [0, 0.05) is 33.7 Å². The number of hydrogen-bond donors (Lipinski definition) is 1. The molecule has 1 N–H and O–H groups in total. The number of amides is 1. The molecule has 0 radical (unpaired) electrons. The molecule has 1 aromatic heterocycles. The lowest BCUT2D eigenvalue weighted by molar-refractivity contribution is -0.116. The number of thiophene rings is 1. The second-order valence-electron chi connectivity index (χ2n) is 6.53. The quantitative estimate of drug-likeness (QED) is 0.667. The summed E-state index contributed by atoms with van der Waals surface area (Å²) in [6.45, 7) is 0. The third-order valence-corrected chi connectivity index (χ3v) is 6.10. The zero-order valence-corrected chi connectivity index (χ0v) is 16.8. The Balaban J connectivity index is 1.81. The second kappa shape index (κ2) is 7.56. The molecule has 144 valence electrons. The van der Waals surface area contributed by atoms with Crippen LogP contribution in [0, 0.1) is 0 Å². The molecule has 0 saturated heterocycles. The fraction of sp³-hybridized carbons (Fsp3) is 0.227. The van der Waals surface area contributed by atoms with Crippen molar-refractivity contribution in [2.75, 3.05) is 26.6 Å². The van der Waals surface area contributed by atoms with Crippen molar-refractivity contribution >= 4 is 22.9 Å². The Hall–Kier alpha value is -2.99. The molecule has 5 nitrogen and oxygen atoms in total. The number of methoxy groups -OCH3 is 3. The van der Waals surface area contributed by atoms with Gasteiger partial charge < -0.3 is 19.5 Å². The Kier molecular flexibility index (Phi) is 4.96. The second-order valence-corrected chi connectivity index (χ2v) is 7.44. The highest BCUT2D eigenvalue weighted by Crippen LogP contribution is 2.48. The van der Waals surface area contributed by atoms with Gasteiger partial charge in [-0.15, -0.1) is 11.3 Å². The monoisotopic (exact) mass is 395 g/mol. The Bertz CT molecular complexity index is 1010. The van der Waals surface area contributed by atoms with E-state index in [0.717, 1.165) is 44.5 Å². The summed E-state index contributed by atoms with van der Waals surface area (Å²) in [5.74, 6) is 2.22. The van der Waals surface area contributed by atoms with Crippen molar-refractivity contribution in [1.29, 1.82) is 0 Å². The fourth-order valence-electron chi connectivity index (χ4n) is 3.57. The van der Waals surface area contributed by atoms with Crippen molar-refractivity contribution in [1.82, 2.24) is 0 Å². The molecule has 6 heteroatoms. The average molecular weight is 395 g/mol. The Morgan fingerprint density at radius 3 is 2.36 bits per heavy atom. The maximum Gasteiger partial charge on any atom is 0.225 e. The molecule has 0 fully saturated rings. The number of fused-ring (bicyclic) bond motifs is 1. The van der Waals surface area contributed by atoms with Gasteiger partial charge >= 0.3 is 0 Å². The predicted octanol–water partition coefficient (Wildman–Crippen LogP) is 4.92. The third kappa shape index (κ3) is 3.20. The number of rotatable bonds is 5. The van der Waals surface area contributed by atoms with Gasteiger partial charge in [-0.1, -0.05) is 12.1 Å². The van der Waals surface area contributed by atoms with Crippen molar-refractivity contribution in [3.63, 3.8) is 0 Å². The van der Waals surface area contributed by atoms with Gasteiger partial charge in [0.1, 0.15) is 17.2 Å². The van der Waals surface area contributed by atoms with Crippen LogP contribution in [0.1, 0.15) is 22.8 Å². The lowest BCUT2D eigenvalue weighted by Gasteiger charge is -2.25. The lowest BCUT2D eigenvalue weighted by atomic mass is 9.88. The minimum Gasteiger partial charge on any atom is -0.497 e. The zero-order valence-electron chi connectivity index (χ0n) is 15.9. The summed E-state index contributed by atoms with van der Waals surface area (Å²) in [6.07, 6.45) is 0.374. The molecule has 28 heavy (non-hydrogen) atoms. The van der Waals surface area contributed by atoms with Crippen LogP contribution in [0.4, 0.5) is 5.69 Å². The normalized spacial score (nSPS) is 15.5. The minimum atomic E-state index is -0.0780. The maximum atomic E-state index is 12.5. The van der Waals surface area contributed by atoms with Gasteiger partial charge in [-0.2, -0.15) is 0 Å². The van der Waals surface area contributed by atoms with E-state index in [4.69, 9.17) is 14.2 Å². The Labute approximate surface area is 167 Å². The predicted molar refractivity (Wildman–Crippen MR) is 111 cm³/mol. The molecule has 1 aliphatic rings. The molecule has 0 saturated carbocycles. The van der Waals surface area contributed by atoms with Crippen LogP contribution in [0.25, 0.3) is 11.1 Å². The molecule has 2 heterocycles. The van der Waals surface area contributed by atoms with E-state index in [0.29, 0.717) is 6.42 Å². The molecule has 0 spiro atoms. The number of ether oxygens (including phenoxy) is 3. The number of benzene rings is 2. The van der Waals surface area contributed by atoms with E-state index < -0.39 is 0 Å². The molecule has 1 atom stereocenters. The molecule has 1 amide bonds. The number of hydrogen-bond acceptors (Lipinski definition) is 5. The molecule has 2 aromatic carbocycles. The maximum absolute atomic E-state index is 12.5. The molecular formula is C22H21NO4S. The Morgan fingerprint density at radius 1 is 0.964 bits per heavy atom. The van der Waals surface area contributed by atoms with Crippen LogP contribution >= 0.6 is 11.3 Å². The van der Waals surface area contributed by atoms with Crippen LogP contribution in [-0.4, -0.2) is 27.2 Å². The van der Waals surface area contributed by atoms with E-state index in [1.54, 1.807) is 32.7 Å². The highest BCUT2D eigenvalue weighted by molar-refractivity contribution is 7.11. The zero-order chi connectivity index (χ0) is 19.7. The van der Waals surface area contributed by atoms with Crippen molar-refractivity contribution in [2.45, 2.75) is 12.3 Å². The number of carbonyl (C=O) groups is 1. The van der Waals surface area contributed by atoms with Gasteiger partial charge in [0.05, 0.1) is 27.0 Å². The molecule has 3 aromatic rings. The highest BCUT2D eigenvalue weighted by atomic mass is 32.1.